The number of likely N-dealkylation sites (tertiary alicyclic amines) is 1. The van der Waals surface area contributed by atoms with E-state index in [1.54, 1.807) is 6.92 Å². The molecule has 0 N–H and O–H groups in total. The number of piperidine rings is 1. The van der Waals surface area contributed by atoms with Crippen LogP contribution in [0.5, 0.6) is 0 Å². The maximum absolute atomic E-state index is 13.4. The lowest BCUT2D eigenvalue weighted by Gasteiger charge is -2.47. The summed E-state index contributed by atoms with van der Waals surface area (Å²) in [6, 6.07) is 0.504. The molecule has 0 spiro atoms. The van der Waals surface area contributed by atoms with E-state index in [0.717, 1.165) is 57.7 Å². The average molecular weight is 522 g/mol. The lowest BCUT2D eigenvalue weighted by Crippen LogP contribution is -2.59. The minimum absolute atomic E-state index is 0.149. The highest BCUT2D eigenvalue weighted by Crippen LogP contribution is 2.38. The zero-order chi connectivity index (χ0) is 26.0. The standard InChI is InChI=1S/C26H41N3O2S2.C2H6/c1-6-8-23(32-5)26(24-9-7-16-33-24)28-14-15-29(22(18-28)19(2)3)25(31)17-21-10-12-27(13-11-21)20(4)30;1-2/h6,8-9,19,21-22,26H,1,7,10-18H2,2-5H3;1-2H3/b23-8-;/t22-,26?;/m1./s1. The third-order valence-electron chi connectivity index (χ3n) is 7.22. The fourth-order valence-electron chi connectivity index (χ4n) is 5.28. The van der Waals surface area contributed by atoms with Crippen LogP contribution in [0.3, 0.4) is 0 Å². The molecule has 0 saturated carbocycles. The van der Waals surface area contributed by atoms with E-state index in [1.165, 1.54) is 9.81 Å². The molecule has 2 saturated heterocycles. The van der Waals surface area contributed by atoms with Crippen molar-refractivity contribution in [1.29, 1.82) is 0 Å². The van der Waals surface area contributed by atoms with Crippen LogP contribution in [0.2, 0.25) is 0 Å². The second-order valence-corrected chi connectivity index (χ2v) is 11.8. The Labute approximate surface area is 222 Å². The Bertz CT molecular complexity index is 772. The van der Waals surface area contributed by atoms with Gasteiger partial charge in [0, 0.05) is 67.7 Å². The number of amides is 2. The molecule has 0 bridgehead atoms. The summed E-state index contributed by atoms with van der Waals surface area (Å²) >= 11 is 3.79. The molecule has 1 unspecified atom stereocenters. The van der Waals surface area contributed by atoms with Crippen molar-refractivity contribution in [2.75, 3.05) is 44.7 Å². The molecule has 5 nitrogen and oxygen atoms in total. The van der Waals surface area contributed by atoms with E-state index in [2.05, 4.69) is 48.6 Å². The third kappa shape index (κ3) is 8.16. The van der Waals surface area contributed by atoms with E-state index >= 15 is 0 Å². The van der Waals surface area contributed by atoms with Gasteiger partial charge in [0.2, 0.25) is 11.8 Å². The van der Waals surface area contributed by atoms with Crippen molar-refractivity contribution >= 4 is 35.3 Å². The van der Waals surface area contributed by atoms with Gasteiger partial charge in [0.05, 0.1) is 6.04 Å². The highest BCUT2D eigenvalue weighted by molar-refractivity contribution is 8.04. The van der Waals surface area contributed by atoms with Gasteiger partial charge in [0.1, 0.15) is 0 Å². The molecule has 2 atom stereocenters. The van der Waals surface area contributed by atoms with Crippen molar-refractivity contribution in [3.63, 3.8) is 0 Å². The van der Waals surface area contributed by atoms with Crippen LogP contribution in [0.15, 0.2) is 34.6 Å². The smallest absolute Gasteiger partial charge is 0.223 e. The minimum atomic E-state index is 0.149. The van der Waals surface area contributed by atoms with Crippen LogP contribution in [0.25, 0.3) is 0 Å². The monoisotopic (exact) mass is 521 g/mol. The number of nitrogens with zero attached hydrogens (tertiary/aromatic N) is 3. The predicted octanol–water partition coefficient (Wildman–Crippen LogP) is 5.65. The number of carbonyl (C=O) groups excluding carboxylic acids is 2. The molecule has 0 aromatic carbocycles. The van der Waals surface area contributed by atoms with E-state index in [1.807, 2.05) is 48.3 Å². The summed E-state index contributed by atoms with van der Waals surface area (Å²) in [6.07, 6.45) is 12.2. The molecule has 198 valence electrons. The van der Waals surface area contributed by atoms with Crippen molar-refractivity contribution < 1.29 is 9.59 Å². The lowest BCUT2D eigenvalue weighted by molar-refractivity contribution is -0.139. The van der Waals surface area contributed by atoms with Crippen molar-refractivity contribution in [3.8, 4) is 0 Å². The zero-order valence-corrected chi connectivity index (χ0v) is 24.4. The summed E-state index contributed by atoms with van der Waals surface area (Å²) in [5.41, 5.74) is 0. The summed E-state index contributed by atoms with van der Waals surface area (Å²) in [5.74, 6) is 2.41. The van der Waals surface area contributed by atoms with E-state index in [0.29, 0.717) is 24.2 Å². The highest BCUT2D eigenvalue weighted by Gasteiger charge is 2.38. The minimum Gasteiger partial charge on any atom is -0.343 e. The number of hydrogen-bond donors (Lipinski definition) is 0. The van der Waals surface area contributed by atoms with Gasteiger partial charge < -0.3 is 9.80 Å². The maximum atomic E-state index is 13.4. The summed E-state index contributed by atoms with van der Waals surface area (Å²) in [7, 11) is 0. The molecule has 35 heavy (non-hydrogen) atoms. The number of thioether (sulfide) groups is 2. The van der Waals surface area contributed by atoms with Gasteiger partial charge in [-0.25, -0.2) is 0 Å². The Kier molecular flexibility index (Phi) is 13.0. The number of allylic oxidation sites excluding steroid dienone is 3. The van der Waals surface area contributed by atoms with Crippen LogP contribution in [-0.4, -0.2) is 83.3 Å². The van der Waals surface area contributed by atoms with Gasteiger partial charge in [0.25, 0.3) is 0 Å². The van der Waals surface area contributed by atoms with Gasteiger partial charge in [-0.2, -0.15) is 0 Å². The molecule has 0 aromatic heterocycles. The van der Waals surface area contributed by atoms with Crippen molar-refractivity contribution in [3.05, 3.63) is 34.6 Å². The first kappa shape index (κ1) is 30.0. The number of carbonyl (C=O) groups is 2. The van der Waals surface area contributed by atoms with Gasteiger partial charge in [-0.3, -0.25) is 14.5 Å². The molecule has 0 aliphatic carbocycles. The zero-order valence-electron chi connectivity index (χ0n) is 22.8. The summed E-state index contributed by atoms with van der Waals surface area (Å²) in [6.45, 7) is 18.2. The molecule has 7 heteroatoms. The third-order valence-corrected chi connectivity index (χ3v) is 9.21. The SMILES string of the molecule is C=C/C=C(\SC)C(C1=CCCS1)N1CCN(C(=O)CC2CCN(C(C)=O)CC2)[C@@H](C(C)C)C1.CC. The van der Waals surface area contributed by atoms with Crippen molar-refractivity contribution in [1.82, 2.24) is 14.7 Å². The Morgan fingerprint density at radius 2 is 1.89 bits per heavy atom. The second kappa shape index (κ2) is 15.2. The lowest BCUT2D eigenvalue weighted by atomic mass is 9.91. The van der Waals surface area contributed by atoms with Crippen molar-refractivity contribution in [2.24, 2.45) is 11.8 Å². The van der Waals surface area contributed by atoms with Crippen LogP contribution >= 0.6 is 23.5 Å². The Morgan fingerprint density at radius 3 is 2.40 bits per heavy atom. The van der Waals surface area contributed by atoms with Crippen LogP contribution in [0.4, 0.5) is 0 Å². The fraction of sp³-hybridized carbons (Fsp3) is 0.714. The molecule has 3 aliphatic heterocycles. The number of rotatable bonds is 8. The Hall–Kier alpha value is -1.18. The quantitative estimate of drug-likeness (QED) is 0.386. The molecule has 3 rings (SSSR count). The average Bonchev–Trinajstić information content (AvgIpc) is 3.39. The number of hydrogen-bond acceptors (Lipinski definition) is 5. The maximum Gasteiger partial charge on any atom is 0.223 e. The molecule has 3 heterocycles. The van der Waals surface area contributed by atoms with Crippen LogP contribution < -0.4 is 0 Å². The first-order valence-corrected chi connectivity index (χ1v) is 15.5. The predicted molar refractivity (Wildman–Crippen MR) is 154 cm³/mol. The topological polar surface area (TPSA) is 43.9 Å². The first-order chi connectivity index (χ1) is 16.8. The Balaban J connectivity index is 0.00000210. The van der Waals surface area contributed by atoms with Crippen LogP contribution in [0.1, 0.15) is 60.3 Å². The molecule has 2 fully saturated rings. The van der Waals surface area contributed by atoms with Gasteiger partial charge in [-0.1, -0.05) is 52.5 Å². The van der Waals surface area contributed by atoms with Gasteiger partial charge in [-0.15, -0.1) is 23.5 Å². The molecular formula is C28H47N3O2S2. The van der Waals surface area contributed by atoms with Gasteiger partial charge in [0.15, 0.2) is 0 Å². The summed E-state index contributed by atoms with van der Waals surface area (Å²) < 4.78 is 0. The number of piperazine rings is 1. The molecular weight excluding hydrogens is 474 g/mol. The van der Waals surface area contributed by atoms with Gasteiger partial charge >= 0.3 is 0 Å². The normalized spacial score (nSPS) is 23.0. The summed E-state index contributed by atoms with van der Waals surface area (Å²) in [4.78, 5) is 34.5. The Morgan fingerprint density at radius 1 is 1.20 bits per heavy atom. The molecule has 3 aliphatic rings. The van der Waals surface area contributed by atoms with E-state index < -0.39 is 0 Å². The van der Waals surface area contributed by atoms with Gasteiger partial charge in [-0.05, 0) is 37.4 Å². The van der Waals surface area contributed by atoms with E-state index in [-0.39, 0.29) is 18.0 Å². The van der Waals surface area contributed by atoms with E-state index in [9.17, 15) is 9.59 Å². The van der Waals surface area contributed by atoms with Crippen LogP contribution in [-0.2, 0) is 9.59 Å². The molecule has 0 radical (unpaired) electrons. The highest BCUT2D eigenvalue weighted by atomic mass is 32.2. The largest absolute Gasteiger partial charge is 0.343 e. The second-order valence-electron chi connectivity index (χ2n) is 9.70. The fourth-order valence-corrected chi connectivity index (χ4v) is 7.22. The van der Waals surface area contributed by atoms with Crippen LogP contribution in [0, 0.1) is 11.8 Å². The van der Waals surface area contributed by atoms with E-state index in [4.69, 9.17) is 0 Å². The molecule has 2 amide bonds. The summed E-state index contributed by atoms with van der Waals surface area (Å²) in [5, 5.41) is 0. The first-order valence-electron chi connectivity index (χ1n) is 13.3. The molecule has 0 aromatic rings. The van der Waals surface area contributed by atoms with Crippen molar-refractivity contribution in [2.45, 2.75) is 72.4 Å².